The molecule has 0 fully saturated rings. The van der Waals surface area contributed by atoms with Gasteiger partial charge in [0, 0.05) is 0 Å². The minimum absolute atomic E-state index is 0. The predicted molar refractivity (Wildman–Crippen MR) is 50.4 cm³/mol. The molecule has 0 heterocycles. The molecule has 0 amide bonds. The Morgan fingerprint density at radius 2 is 1.85 bits per heavy atom. The lowest BCUT2D eigenvalue weighted by Crippen LogP contribution is -2.09. The summed E-state index contributed by atoms with van der Waals surface area (Å²) in [5, 5.41) is 8.25. The van der Waals surface area contributed by atoms with Crippen LogP contribution in [-0.2, 0) is 4.79 Å². The molecule has 13 heavy (non-hydrogen) atoms. The topological polar surface area (TPSA) is 78.0 Å². The number of hydrogen-bond acceptors (Lipinski definition) is 2. The quantitative estimate of drug-likeness (QED) is 0.793. The van der Waals surface area contributed by atoms with Crippen LogP contribution in [0.5, 0.6) is 5.75 Å². The highest BCUT2D eigenvalue weighted by Crippen LogP contribution is 2.07. The van der Waals surface area contributed by atoms with E-state index in [4.69, 9.17) is 9.84 Å². The van der Waals surface area contributed by atoms with Crippen molar-refractivity contribution in [1.82, 2.24) is 0 Å². The van der Waals surface area contributed by atoms with Crippen LogP contribution in [-0.4, -0.2) is 23.2 Å². The molecule has 4 nitrogen and oxygen atoms in total. The molecule has 0 aromatic heterocycles. The van der Waals surface area contributed by atoms with Crippen LogP contribution >= 0.6 is 12.4 Å². The van der Waals surface area contributed by atoms with E-state index in [9.17, 15) is 4.79 Å². The third-order valence-corrected chi connectivity index (χ3v) is 1.11. The van der Waals surface area contributed by atoms with Crippen LogP contribution in [0.1, 0.15) is 0 Å². The summed E-state index contributed by atoms with van der Waals surface area (Å²) < 4.78 is 4.87. The van der Waals surface area contributed by atoms with Crippen molar-refractivity contribution in [2.75, 3.05) is 6.61 Å². The summed E-state index contributed by atoms with van der Waals surface area (Å²) in [5.74, 6) is -0.385. The number of aliphatic carboxylic acids is 1. The van der Waals surface area contributed by atoms with Gasteiger partial charge in [0.25, 0.3) is 0 Å². The molecule has 0 saturated carbocycles. The van der Waals surface area contributed by atoms with Gasteiger partial charge in [-0.2, -0.15) is 0 Å². The van der Waals surface area contributed by atoms with Crippen molar-refractivity contribution in [2.24, 2.45) is 0 Å². The van der Waals surface area contributed by atoms with Gasteiger partial charge < -0.3 is 15.3 Å². The highest BCUT2D eigenvalue weighted by Gasteiger charge is 1.96. The SMILES string of the molecule is Cl.O.O=C(O)COc1ccccc1. The Labute approximate surface area is 81.9 Å². The maximum Gasteiger partial charge on any atom is 0.341 e. The summed E-state index contributed by atoms with van der Waals surface area (Å²) in [5.41, 5.74) is 0. The van der Waals surface area contributed by atoms with Crippen LogP contribution in [0.15, 0.2) is 30.3 Å². The molecule has 5 heteroatoms. The number of halogens is 1. The van der Waals surface area contributed by atoms with E-state index in [0.29, 0.717) is 5.75 Å². The number of benzene rings is 1. The largest absolute Gasteiger partial charge is 0.482 e. The van der Waals surface area contributed by atoms with Gasteiger partial charge in [0.15, 0.2) is 6.61 Å². The molecule has 1 aromatic rings. The fourth-order valence-electron chi connectivity index (χ4n) is 0.662. The number of carboxylic acid groups (broad SMARTS) is 1. The zero-order chi connectivity index (χ0) is 8.10. The fraction of sp³-hybridized carbons (Fsp3) is 0.125. The van der Waals surface area contributed by atoms with Gasteiger partial charge in [-0.1, -0.05) is 18.2 Å². The first-order chi connectivity index (χ1) is 5.29. The first-order valence-corrected chi connectivity index (χ1v) is 3.18. The van der Waals surface area contributed by atoms with E-state index in [1.165, 1.54) is 0 Å². The van der Waals surface area contributed by atoms with Gasteiger partial charge in [-0.05, 0) is 12.1 Å². The zero-order valence-electron chi connectivity index (χ0n) is 6.77. The average Bonchev–Trinajstić information content (AvgIpc) is 2.03. The first kappa shape index (κ1) is 14.3. The lowest BCUT2D eigenvalue weighted by Gasteiger charge is -2.00. The molecule has 0 radical (unpaired) electrons. The molecule has 1 aromatic carbocycles. The minimum Gasteiger partial charge on any atom is -0.482 e. The van der Waals surface area contributed by atoms with Crippen LogP contribution in [0.3, 0.4) is 0 Å². The predicted octanol–water partition coefficient (Wildman–Crippen LogP) is 0.747. The number of ether oxygens (including phenoxy) is 1. The maximum atomic E-state index is 10.0. The van der Waals surface area contributed by atoms with Crippen LogP contribution in [0.25, 0.3) is 0 Å². The molecule has 0 unspecified atom stereocenters. The summed E-state index contributed by atoms with van der Waals surface area (Å²) in [6, 6.07) is 8.84. The Kier molecular flexibility index (Phi) is 8.12. The number of rotatable bonds is 3. The second-order valence-corrected chi connectivity index (χ2v) is 2.00. The Balaban J connectivity index is 0. The summed E-state index contributed by atoms with van der Waals surface area (Å²) in [7, 11) is 0. The molecule has 0 atom stereocenters. The van der Waals surface area contributed by atoms with E-state index in [1.807, 2.05) is 6.07 Å². The fourth-order valence-corrected chi connectivity index (χ4v) is 0.662. The summed E-state index contributed by atoms with van der Waals surface area (Å²) in [6.07, 6.45) is 0. The molecule has 0 aliphatic carbocycles. The van der Waals surface area contributed by atoms with Crippen molar-refractivity contribution in [2.45, 2.75) is 0 Å². The number of hydrogen-bond donors (Lipinski definition) is 1. The van der Waals surface area contributed by atoms with Crippen molar-refractivity contribution < 1.29 is 20.1 Å². The third-order valence-electron chi connectivity index (χ3n) is 1.11. The number of carbonyl (C=O) groups is 1. The highest BCUT2D eigenvalue weighted by atomic mass is 35.5. The average molecular weight is 207 g/mol. The smallest absolute Gasteiger partial charge is 0.341 e. The Hall–Kier alpha value is -1.26. The molecule has 0 aliphatic heterocycles. The van der Waals surface area contributed by atoms with E-state index >= 15 is 0 Å². The first-order valence-electron chi connectivity index (χ1n) is 3.18. The van der Waals surface area contributed by atoms with Crippen molar-refractivity contribution in [3.8, 4) is 5.75 Å². The molecule has 0 aliphatic rings. The minimum atomic E-state index is -0.964. The van der Waals surface area contributed by atoms with Gasteiger partial charge in [0.05, 0.1) is 0 Å². The number of para-hydroxylation sites is 1. The summed E-state index contributed by atoms with van der Waals surface area (Å²) in [4.78, 5) is 10.0. The maximum absolute atomic E-state index is 10.0. The second kappa shape index (κ2) is 7.39. The Morgan fingerprint density at radius 1 is 1.31 bits per heavy atom. The van der Waals surface area contributed by atoms with Crippen molar-refractivity contribution in [3.05, 3.63) is 30.3 Å². The molecular formula is C8H11ClO4. The molecule has 3 N–H and O–H groups in total. The van der Waals surface area contributed by atoms with Crippen molar-refractivity contribution >= 4 is 18.4 Å². The van der Waals surface area contributed by atoms with Gasteiger partial charge in [0.1, 0.15) is 5.75 Å². The molecule has 74 valence electrons. The summed E-state index contributed by atoms with van der Waals surface area (Å²) in [6.45, 7) is -0.288. The number of carboxylic acids is 1. The summed E-state index contributed by atoms with van der Waals surface area (Å²) >= 11 is 0. The van der Waals surface area contributed by atoms with Crippen LogP contribution in [0.4, 0.5) is 0 Å². The van der Waals surface area contributed by atoms with E-state index in [-0.39, 0.29) is 24.5 Å². The molecular weight excluding hydrogens is 196 g/mol. The van der Waals surface area contributed by atoms with E-state index in [0.717, 1.165) is 0 Å². The normalized spacial score (nSPS) is 7.69. The van der Waals surface area contributed by atoms with Gasteiger partial charge >= 0.3 is 5.97 Å². The van der Waals surface area contributed by atoms with E-state index in [2.05, 4.69) is 0 Å². The highest BCUT2D eigenvalue weighted by molar-refractivity contribution is 5.85. The lowest BCUT2D eigenvalue weighted by molar-refractivity contribution is -0.139. The molecule has 1 rings (SSSR count). The lowest BCUT2D eigenvalue weighted by atomic mass is 10.3. The standard InChI is InChI=1S/C8H8O3.ClH.H2O/c9-8(10)6-11-7-4-2-1-3-5-7;;/h1-5H,6H2,(H,9,10);1H;1H2. The zero-order valence-corrected chi connectivity index (χ0v) is 7.58. The van der Waals surface area contributed by atoms with E-state index in [1.54, 1.807) is 24.3 Å². The van der Waals surface area contributed by atoms with Gasteiger partial charge in [-0.25, -0.2) is 4.79 Å². The third kappa shape index (κ3) is 5.95. The van der Waals surface area contributed by atoms with Crippen LogP contribution in [0, 0.1) is 0 Å². The van der Waals surface area contributed by atoms with Gasteiger partial charge in [-0.3, -0.25) is 0 Å². The van der Waals surface area contributed by atoms with Gasteiger partial charge in [-0.15, -0.1) is 12.4 Å². The Bertz CT molecular complexity index is 237. The van der Waals surface area contributed by atoms with Crippen molar-refractivity contribution in [1.29, 1.82) is 0 Å². The van der Waals surface area contributed by atoms with Crippen LogP contribution < -0.4 is 4.74 Å². The monoisotopic (exact) mass is 206 g/mol. The van der Waals surface area contributed by atoms with Crippen LogP contribution in [0.2, 0.25) is 0 Å². The second-order valence-electron chi connectivity index (χ2n) is 2.00. The van der Waals surface area contributed by atoms with E-state index < -0.39 is 5.97 Å². The molecule has 0 spiro atoms. The Morgan fingerprint density at radius 3 is 2.31 bits per heavy atom. The van der Waals surface area contributed by atoms with Gasteiger partial charge in [0.2, 0.25) is 0 Å². The molecule has 0 saturated heterocycles. The molecule has 0 bridgehead atoms. The van der Waals surface area contributed by atoms with Crippen molar-refractivity contribution in [3.63, 3.8) is 0 Å².